The number of hydrogen-bond donors (Lipinski definition) is 0. The molecular weight excluding hydrogens is 337 g/mol. The molecule has 1 fully saturated rings. The minimum atomic E-state index is 0.252. The van der Waals surface area contributed by atoms with Crippen LogP contribution in [0.5, 0.6) is 0 Å². The summed E-state index contributed by atoms with van der Waals surface area (Å²) < 4.78 is 1.16. The molecule has 1 saturated carbocycles. The SMILES string of the molecule is O=C1c2cc(I)ccc2CCN1CC1CCCC1. The maximum absolute atomic E-state index is 12.5. The lowest BCUT2D eigenvalue weighted by Crippen LogP contribution is -2.40. The fourth-order valence-corrected chi connectivity index (χ4v) is 3.66. The Kier molecular flexibility index (Phi) is 3.59. The topological polar surface area (TPSA) is 20.3 Å². The zero-order valence-electron chi connectivity index (χ0n) is 10.5. The molecule has 1 aromatic carbocycles. The van der Waals surface area contributed by atoms with Gasteiger partial charge in [0.25, 0.3) is 5.91 Å². The quantitative estimate of drug-likeness (QED) is 0.744. The molecule has 96 valence electrons. The number of amides is 1. The highest BCUT2D eigenvalue weighted by molar-refractivity contribution is 14.1. The normalized spacial score (nSPS) is 20.3. The van der Waals surface area contributed by atoms with E-state index in [2.05, 4.69) is 39.6 Å². The summed E-state index contributed by atoms with van der Waals surface area (Å²) in [5, 5.41) is 0. The van der Waals surface area contributed by atoms with Crippen LogP contribution >= 0.6 is 22.6 Å². The van der Waals surface area contributed by atoms with Crippen molar-refractivity contribution in [3.8, 4) is 0 Å². The second-order valence-corrected chi connectivity index (χ2v) is 6.70. The first-order valence-corrected chi connectivity index (χ1v) is 7.89. The standard InChI is InChI=1S/C15H18INO/c16-13-6-5-12-7-8-17(15(18)14(12)9-13)10-11-3-1-2-4-11/h5-6,9,11H,1-4,7-8,10H2. The van der Waals surface area contributed by atoms with Crippen LogP contribution in [0.15, 0.2) is 18.2 Å². The van der Waals surface area contributed by atoms with Gasteiger partial charge < -0.3 is 4.90 Å². The second-order valence-electron chi connectivity index (χ2n) is 5.45. The predicted octanol–water partition coefficient (Wildman–Crippen LogP) is 3.48. The molecule has 1 amide bonds. The molecule has 0 atom stereocenters. The maximum Gasteiger partial charge on any atom is 0.254 e. The number of halogens is 1. The molecule has 3 heteroatoms. The predicted molar refractivity (Wildman–Crippen MR) is 80.7 cm³/mol. The Hall–Kier alpha value is -0.580. The van der Waals surface area contributed by atoms with Crippen LogP contribution in [0.4, 0.5) is 0 Å². The minimum Gasteiger partial charge on any atom is -0.338 e. The Bertz CT molecular complexity index is 466. The van der Waals surface area contributed by atoms with Crippen molar-refractivity contribution in [2.75, 3.05) is 13.1 Å². The zero-order chi connectivity index (χ0) is 12.5. The minimum absolute atomic E-state index is 0.252. The third kappa shape index (κ3) is 2.42. The lowest BCUT2D eigenvalue weighted by atomic mass is 9.97. The van der Waals surface area contributed by atoms with E-state index in [-0.39, 0.29) is 5.91 Å². The van der Waals surface area contributed by atoms with Gasteiger partial charge in [-0.3, -0.25) is 4.79 Å². The molecule has 1 aliphatic heterocycles. The zero-order valence-corrected chi connectivity index (χ0v) is 12.7. The number of fused-ring (bicyclic) bond motifs is 1. The van der Waals surface area contributed by atoms with Gasteiger partial charge in [-0.2, -0.15) is 0 Å². The van der Waals surface area contributed by atoms with Crippen LogP contribution in [0.2, 0.25) is 0 Å². The van der Waals surface area contributed by atoms with Crippen LogP contribution in [0.1, 0.15) is 41.6 Å². The summed E-state index contributed by atoms with van der Waals surface area (Å²) in [4.78, 5) is 14.6. The van der Waals surface area contributed by atoms with E-state index < -0.39 is 0 Å². The lowest BCUT2D eigenvalue weighted by Gasteiger charge is -2.30. The van der Waals surface area contributed by atoms with Gasteiger partial charge in [0, 0.05) is 22.2 Å². The Morgan fingerprint density at radius 3 is 2.83 bits per heavy atom. The number of rotatable bonds is 2. The third-order valence-corrected chi connectivity index (χ3v) is 4.86. The number of carbonyl (C=O) groups is 1. The number of nitrogens with zero attached hydrogens (tertiary/aromatic N) is 1. The Morgan fingerprint density at radius 2 is 2.06 bits per heavy atom. The van der Waals surface area contributed by atoms with Gasteiger partial charge in [-0.15, -0.1) is 0 Å². The van der Waals surface area contributed by atoms with Gasteiger partial charge in [0.1, 0.15) is 0 Å². The number of hydrogen-bond acceptors (Lipinski definition) is 1. The van der Waals surface area contributed by atoms with E-state index in [0.29, 0.717) is 0 Å². The number of carbonyl (C=O) groups excluding carboxylic acids is 1. The molecule has 1 heterocycles. The largest absolute Gasteiger partial charge is 0.338 e. The van der Waals surface area contributed by atoms with Crippen molar-refractivity contribution < 1.29 is 4.79 Å². The van der Waals surface area contributed by atoms with E-state index >= 15 is 0 Å². The molecule has 0 N–H and O–H groups in total. The van der Waals surface area contributed by atoms with Crippen LogP contribution in [-0.2, 0) is 6.42 Å². The van der Waals surface area contributed by atoms with Gasteiger partial charge in [-0.05, 0) is 65.5 Å². The van der Waals surface area contributed by atoms with E-state index in [1.165, 1.54) is 31.2 Å². The average molecular weight is 355 g/mol. The first-order chi connectivity index (χ1) is 8.74. The van der Waals surface area contributed by atoms with Gasteiger partial charge in [0.15, 0.2) is 0 Å². The van der Waals surface area contributed by atoms with E-state index in [1.54, 1.807) is 0 Å². The molecule has 0 unspecified atom stereocenters. The second kappa shape index (κ2) is 5.19. The van der Waals surface area contributed by atoms with Gasteiger partial charge in [0.05, 0.1) is 0 Å². The highest BCUT2D eigenvalue weighted by Crippen LogP contribution is 2.28. The van der Waals surface area contributed by atoms with Crippen molar-refractivity contribution in [2.45, 2.75) is 32.1 Å². The first-order valence-electron chi connectivity index (χ1n) is 6.82. The van der Waals surface area contributed by atoms with Gasteiger partial charge >= 0.3 is 0 Å². The molecule has 18 heavy (non-hydrogen) atoms. The highest BCUT2D eigenvalue weighted by Gasteiger charge is 2.27. The average Bonchev–Trinajstić information content (AvgIpc) is 2.86. The van der Waals surface area contributed by atoms with Crippen molar-refractivity contribution in [3.63, 3.8) is 0 Å². The smallest absolute Gasteiger partial charge is 0.254 e. The highest BCUT2D eigenvalue weighted by atomic mass is 127. The summed E-state index contributed by atoms with van der Waals surface area (Å²) in [6, 6.07) is 6.25. The third-order valence-electron chi connectivity index (χ3n) is 4.19. The van der Waals surface area contributed by atoms with Gasteiger partial charge in [0.2, 0.25) is 0 Å². The molecule has 0 bridgehead atoms. The van der Waals surface area contributed by atoms with Crippen molar-refractivity contribution >= 4 is 28.5 Å². The molecule has 3 rings (SSSR count). The van der Waals surface area contributed by atoms with Crippen LogP contribution in [-0.4, -0.2) is 23.9 Å². The summed E-state index contributed by atoms with van der Waals surface area (Å²) in [6.07, 6.45) is 6.33. The lowest BCUT2D eigenvalue weighted by molar-refractivity contribution is 0.0712. The van der Waals surface area contributed by atoms with Crippen molar-refractivity contribution in [2.24, 2.45) is 5.92 Å². The van der Waals surface area contributed by atoms with E-state index in [9.17, 15) is 4.79 Å². The fourth-order valence-electron chi connectivity index (χ4n) is 3.17. The summed E-state index contributed by atoms with van der Waals surface area (Å²) in [6.45, 7) is 1.88. The Balaban J connectivity index is 1.78. The van der Waals surface area contributed by atoms with E-state index in [0.717, 1.165) is 34.6 Å². The van der Waals surface area contributed by atoms with Gasteiger partial charge in [-0.1, -0.05) is 18.9 Å². The first kappa shape index (κ1) is 12.5. The Morgan fingerprint density at radius 1 is 1.28 bits per heavy atom. The van der Waals surface area contributed by atoms with Crippen molar-refractivity contribution in [1.82, 2.24) is 4.90 Å². The number of benzene rings is 1. The van der Waals surface area contributed by atoms with Crippen molar-refractivity contribution in [1.29, 1.82) is 0 Å². The summed E-state index contributed by atoms with van der Waals surface area (Å²) in [5.74, 6) is 1.000. The van der Waals surface area contributed by atoms with Gasteiger partial charge in [-0.25, -0.2) is 0 Å². The summed E-state index contributed by atoms with van der Waals surface area (Å²) in [7, 11) is 0. The van der Waals surface area contributed by atoms with Crippen LogP contribution in [0.3, 0.4) is 0 Å². The monoisotopic (exact) mass is 355 g/mol. The van der Waals surface area contributed by atoms with E-state index in [1.807, 2.05) is 6.07 Å². The van der Waals surface area contributed by atoms with Crippen molar-refractivity contribution in [3.05, 3.63) is 32.9 Å². The summed E-state index contributed by atoms with van der Waals surface area (Å²) in [5.41, 5.74) is 2.16. The molecule has 0 radical (unpaired) electrons. The molecule has 0 saturated heterocycles. The molecule has 1 aromatic rings. The van der Waals surface area contributed by atoms with E-state index in [4.69, 9.17) is 0 Å². The molecule has 2 nitrogen and oxygen atoms in total. The molecule has 1 aliphatic carbocycles. The Labute approximate surface area is 122 Å². The molecular formula is C15H18INO. The summed E-state index contributed by atoms with van der Waals surface area (Å²) >= 11 is 2.28. The molecule has 0 aromatic heterocycles. The van der Waals surface area contributed by atoms with Crippen LogP contribution in [0, 0.1) is 9.49 Å². The molecule has 0 spiro atoms. The fraction of sp³-hybridized carbons (Fsp3) is 0.533. The molecule has 2 aliphatic rings. The maximum atomic E-state index is 12.5. The van der Waals surface area contributed by atoms with Crippen LogP contribution < -0.4 is 0 Å². The van der Waals surface area contributed by atoms with Crippen LogP contribution in [0.25, 0.3) is 0 Å².